The van der Waals surface area contributed by atoms with Crippen molar-refractivity contribution in [2.24, 2.45) is 0 Å². The molecule has 0 unspecified atom stereocenters. The molecular formula is C22Br2F14. The average molecular weight is 690 g/mol. The molecule has 0 aliphatic carbocycles. The van der Waals surface area contributed by atoms with Crippen LogP contribution in [0.4, 0.5) is 61.5 Å². The summed E-state index contributed by atoms with van der Waals surface area (Å²) in [6, 6.07) is 0. The lowest BCUT2D eigenvalue weighted by atomic mass is 9.89. The first-order chi connectivity index (χ1) is 17.6. The third kappa shape index (κ3) is 3.62. The highest BCUT2D eigenvalue weighted by molar-refractivity contribution is 9.13. The third-order valence-electron chi connectivity index (χ3n) is 5.32. The highest BCUT2D eigenvalue weighted by Crippen LogP contribution is 2.52. The van der Waals surface area contributed by atoms with Crippen LogP contribution >= 0.6 is 31.9 Å². The quantitative estimate of drug-likeness (QED) is 0.112. The van der Waals surface area contributed by atoms with Crippen LogP contribution in [0.1, 0.15) is 0 Å². The fourth-order valence-electron chi connectivity index (χ4n) is 3.66. The highest BCUT2D eigenvalue weighted by Gasteiger charge is 2.37. The molecule has 0 saturated carbocycles. The number of hydrogen-bond donors (Lipinski definition) is 0. The molecule has 0 bridgehead atoms. The van der Waals surface area contributed by atoms with E-state index < -0.39 is 123 Å². The van der Waals surface area contributed by atoms with Crippen LogP contribution in [0.25, 0.3) is 33.0 Å². The Kier molecular flexibility index (Phi) is 6.96. The molecule has 0 fully saturated rings. The Balaban J connectivity index is 2.42. The Bertz CT molecular complexity index is 1550. The van der Waals surface area contributed by atoms with E-state index in [-0.39, 0.29) is 0 Å². The summed E-state index contributed by atoms with van der Waals surface area (Å²) in [4.78, 5) is 0. The van der Waals surface area contributed by atoms with E-state index in [1.54, 1.807) is 0 Å². The van der Waals surface area contributed by atoms with Gasteiger partial charge in [0.25, 0.3) is 0 Å². The smallest absolute Gasteiger partial charge is 0.200 e. The number of hydrogen-bond acceptors (Lipinski definition) is 0. The van der Waals surface area contributed by atoms with Gasteiger partial charge in [-0.05, 0) is 31.9 Å². The molecule has 0 saturated heterocycles. The lowest BCUT2D eigenvalue weighted by molar-refractivity contribution is 0.381. The summed E-state index contributed by atoms with van der Waals surface area (Å²) in [6.45, 7) is 0. The van der Waals surface area contributed by atoms with Gasteiger partial charge in [0.1, 0.15) is 0 Å². The molecule has 16 heteroatoms. The summed E-state index contributed by atoms with van der Waals surface area (Å²) in [5, 5.41) is -3.78. The largest absolute Gasteiger partial charge is 0.203 e. The summed E-state index contributed by atoms with van der Waals surface area (Å²) >= 11 is 4.99. The Hall–Kier alpha value is -2.88. The second kappa shape index (κ2) is 9.39. The number of rotatable bonds is 2. The molecule has 38 heavy (non-hydrogen) atoms. The van der Waals surface area contributed by atoms with Crippen LogP contribution in [-0.2, 0) is 0 Å². The molecule has 0 N–H and O–H groups in total. The Morgan fingerprint density at radius 3 is 0.658 bits per heavy atom. The highest BCUT2D eigenvalue weighted by atomic mass is 79.9. The minimum atomic E-state index is -2.72. The summed E-state index contributed by atoms with van der Waals surface area (Å²) in [7, 11) is 0. The van der Waals surface area contributed by atoms with Gasteiger partial charge in [-0.1, -0.05) is 0 Å². The molecule has 0 radical (unpaired) electrons. The van der Waals surface area contributed by atoms with Gasteiger partial charge in [0, 0.05) is 30.8 Å². The normalized spacial score (nSPS) is 11.7. The van der Waals surface area contributed by atoms with Crippen LogP contribution in [0, 0.1) is 81.4 Å². The van der Waals surface area contributed by atoms with Crippen molar-refractivity contribution in [3.05, 3.63) is 90.4 Å². The number of benzene rings is 4. The molecule has 4 aromatic carbocycles. The Labute approximate surface area is 216 Å². The maximum absolute atomic E-state index is 15.0. The SMILES string of the molecule is Fc1c(F)c(F)c(-c2c(Br)c(Br)c(-c3c(F)c(F)c(F)c(F)c3F)c3c(F)c(F)c(F)c(F)c23)c(F)c1F. The van der Waals surface area contributed by atoms with E-state index >= 15 is 8.78 Å². The lowest BCUT2D eigenvalue weighted by Crippen LogP contribution is -2.09. The summed E-state index contributed by atoms with van der Waals surface area (Å²) in [5.41, 5.74) is -7.32. The third-order valence-corrected chi connectivity index (χ3v) is 7.44. The standard InChI is InChI=1S/C22Br2F14/c23-7-1(5-11(27)17(33)21(37)18(34)12(5)28)3-4(10(26)16(32)15(31)9(3)25)2(8(7)24)6-13(29)19(35)22(38)20(36)14(6)30. The Morgan fingerprint density at radius 1 is 0.237 bits per heavy atom. The van der Waals surface area contributed by atoms with E-state index in [0.29, 0.717) is 0 Å². The average Bonchev–Trinajstić information content (AvgIpc) is 2.89. The molecule has 0 atom stereocenters. The van der Waals surface area contributed by atoms with E-state index in [4.69, 9.17) is 0 Å². The molecule has 0 spiro atoms. The minimum absolute atomic E-state index is 1.16. The molecule has 0 aromatic heterocycles. The fraction of sp³-hybridized carbons (Fsp3) is 0. The summed E-state index contributed by atoms with van der Waals surface area (Å²) in [6.07, 6.45) is 0. The number of fused-ring (bicyclic) bond motifs is 1. The van der Waals surface area contributed by atoms with Gasteiger partial charge in [-0.2, -0.15) is 0 Å². The van der Waals surface area contributed by atoms with Crippen molar-refractivity contribution in [1.29, 1.82) is 0 Å². The molecule has 200 valence electrons. The minimum Gasteiger partial charge on any atom is -0.203 e. The van der Waals surface area contributed by atoms with Crippen LogP contribution < -0.4 is 0 Å². The van der Waals surface area contributed by atoms with Crippen molar-refractivity contribution >= 4 is 42.6 Å². The molecule has 4 aromatic rings. The molecule has 0 amide bonds. The first-order valence-electron chi connectivity index (χ1n) is 9.27. The molecule has 4 rings (SSSR count). The second-order valence-corrected chi connectivity index (χ2v) is 8.86. The van der Waals surface area contributed by atoms with E-state index in [9.17, 15) is 52.7 Å². The van der Waals surface area contributed by atoms with E-state index in [2.05, 4.69) is 31.9 Å². The van der Waals surface area contributed by atoms with Crippen molar-refractivity contribution in [3.8, 4) is 22.3 Å². The maximum Gasteiger partial charge on any atom is 0.200 e. The first kappa shape index (κ1) is 28.1. The van der Waals surface area contributed by atoms with E-state index in [1.807, 2.05) is 0 Å². The van der Waals surface area contributed by atoms with Gasteiger partial charge in [-0.15, -0.1) is 0 Å². The maximum atomic E-state index is 15.0. The van der Waals surface area contributed by atoms with Gasteiger partial charge in [0.15, 0.2) is 69.8 Å². The van der Waals surface area contributed by atoms with Crippen LogP contribution in [0.3, 0.4) is 0 Å². The predicted molar refractivity (Wildman–Crippen MR) is 110 cm³/mol. The molecule has 0 nitrogen and oxygen atoms in total. The second-order valence-electron chi connectivity index (χ2n) is 7.27. The fourth-order valence-corrected chi connectivity index (χ4v) is 4.85. The predicted octanol–water partition coefficient (Wildman–Crippen LogP) is 9.65. The van der Waals surface area contributed by atoms with Crippen LogP contribution in [0.2, 0.25) is 0 Å². The van der Waals surface area contributed by atoms with Crippen LogP contribution in [0.15, 0.2) is 8.95 Å². The van der Waals surface area contributed by atoms with Crippen molar-refractivity contribution in [1.82, 2.24) is 0 Å². The topological polar surface area (TPSA) is 0 Å². The van der Waals surface area contributed by atoms with Gasteiger partial charge >= 0.3 is 0 Å². The molecular weight excluding hydrogens is 690 g/mol. The van der Waals surface area contributed by atoms with Gasteiger partial charge in [-0.25, -0.2) is 61.5 Å². The van der Waals surface area contributed by atoms with Crippen molar-refractivity contribution in [2.45, 2.75) is 0 Å². The molecule has 0 heterocycles. The van der Waals surface area contributed by atoms with E-state index in [1.165, 1.54) is 0 Å². The Morgan fingerprint density at radius 2 is 0.421 bits per heavy atom. The number of halogens is 16. The van der Waals surface area contributed by atoms with Crippen LogP contribution in [0.5, 0.6) is 0 Å². The monoisotopic (exact) mass is 688 g/mol. The zero-order valence-electron chi connectivity index (χ0n) is 17.0. The molecule has 0 aliphatic rings. The van der Waals surface area contributed by atoms with Gasteiger partial charge in [0.2, 0.25) is 11.6 Å². The molecule has 0 aliphatic heterocycles. The zero-order chi connectivity index (χ0) is 28.7. The lowest BCUT2D eigenvalue weighted by Gasteiger charge is -2.21. The van der Waals surface area contributed by atoms with Gasteiger partial charge in [-0.3, -0.25) is 0 Å². The van der Waals surface area contributed by atoms with Crippen molar-refractivity contribution in [3.63, 3.8) is 0 Å². The van der Waals surface area contributed by atoms with Crippen molar-refractivity contribution < 1.29 is 61.5 Å². The first-order valence-corrected chi connectivity index (χ1v) is 10.9. The van der Waals surface area contributed by atoms with Crippen molar-refractivity contribution in [2.75, 3.05) is 0 Å². The summed E-state index contributed by atoms with van der Waals surface area (Å²) < 4.78 is 198. The van der Waals surface area contributed by atoms with Gasteiger partial charge < -0.3 is 0 Å². The van der Waals surface area contributed by atoms with E-state index in [0.717, 1.165) is 0 Å². The van der Waals surface area contributed by atoms with Gasteiger partial charge in [0.05, 0.1) is 11.1 Å². The zero-order valence-corrected chi connectivity index (χ0v) is 20.2. The van der Waals surface area contributed by atoms with Crippen LogP contribution in [-0.4, -0.2) is 0 Å². The summed E-state index contributed by atoms with van der Waals surface area (Å²) in [5.74, 6) is -37.3.